The zero-order chi connectivity index (χ0) is 27.6. The van der Waals surface area contributed by atoms with Crippen LogP contribution in [0.25, 0.3) is 32.2 Å². The van der Waals surface area contributed by atoms with Crippen LogP contribution in [-0.4, -0.2) is 49.4 Å². The first-order valence-corrected chi connectivity index (χ1v) is 14.3. The van der Waals surface area contributed by atoms with Gasteiger partial charge in [0.05, 0.1) is 5.56 Å². The molecule has 4 heterocycles. The molecule has 6 aromatic rings. The summed E-state index contributed by atoms with van der Waals surface area (Å²) < 4.78 is 0. The lowest BCUT2D eigenvalue weighted by Crippen LogP contribution is -2.33. The van der Waals surface area contributed by atoms with Crippen molar-refractivity contribution in [2.45, 2.75) is 18.8 Å². The monoisotopic (exact) mass is 559 g/mol. The third-order valence-electron chi connectivity index (χ3n) is 7.37. The lowest BCUT2D eigenvalue weighted by molar-refractivity contribution is 0.0409. The molecule has 0 saturated carbocycles. The lowest BCUT2D eigenvalue weighted by atomic mass is 9.89. The number of carbonyl (C=O) groups excluding carboxylic acids is 1. The van der Waals surface area contributed by atoms with Crippen molar-refractivity contribution in [1.82, 2.24) is 30.3 Å². The van der Waals surface area contributed by atoms with E-state index in [0.29, 0.717) is 22.5 Å². The van der Waals surface area contributed by atoms with Gasteiger partial charge in [-0.1, -0.05) is 70.8 Å². The van der Waals surface area contributed by atoms with Crippen molar-refractivity contribution in [1.29, 1.82) is 0 Å². The van der Waals surface area contributed by atoms with E-state index in [1.165, 1.54) is 16.9 Å². The van der Waals surface area contributed by atoms with Gasteiger partial charge in [-0.2, -0.15) is 0 Å². The van der Waals surface area contributed by atoms with Crippen LogP contribution >= 0.6 is 11.3 Å². The Balaban J connectivity index is 0.990. The summed E-state index contributed by atoms with van der Waals surface area (Å²) in [6, 6.07) is 29.3. The number of carbonyl (C=O) groups is 1. The average molecular weight is 560 g/mol. The smallest absolute Gasteiger partial charge is 0.357 e. The van der Waals surface area contributed by atoms with Gasteiger partial charge in [0.2, 0.25) is 0 Å². The minimum atomic E-state index is -0.527. The summed E-state index contributed by atoms with van der Waals surface area (Å²) in [7, 11) is 0. The molecule has 0 unspecified atom stereocenters. The SMILES string of the molecule is O=C(On1nnc2ccccc21)c1ccc(-c2nnc(-c3ccc(N4CCC(c5ccccc5)CC4)nc3)s2)cc1. The fourth-order valence-electron chi connectivity index (χ4n) is 5.12. The van der Waals surface area contributed by atoms with Crippen LogP contribution in [0.4, 0.5) is 5.82 Å². The Hall–Kier alpha value is -4.96. The van der Waals surface area contributed by atoms with Crippen LogP contribution < -0.4 is 9.74 Å². The molecule has 202 valence electrons. The molecule has 0 atom stereocenters. The highest BCUT2D eigenvalue weighted by Crippen LogP contribution is 2.32. The largest absolute Gasteiger partial charge is 0.365 e. The van der Waals surface area contributed by atoms with Crippen LogP contribution in [0.2, 0.25) is 0 Å². The zero-order valence-electron chi connectivity index (χ0n) is 22.0. The number of aromatic nitrogens is 6. The van der Waals surface area contributed by atoms with E-state index in [0.717, 1.165) is 57.7 Å². The van der Waals surface area contributed by atoms with Gasteiger partial charge in [0.1, 0.15) is 26.9 Å². The molecule has 41 heavy (non-hydrogen) atoms. The van der Waals surface area contributed by atoms with Crippen molar-refractivity contribution in [3.05, 3.63) is 108 Å². The molecule has 1 aliphatic heterocycles. The molecule has 0 aliphatic carbocycles. The van der Waals surface area contributed by atoms with Gasteiger partial charge in [0.15, 0.2) is 0 Å². The van der Waals surface area contributed by atoms with Crippen molar-refractivity contribution in [3.8, 4) is 21.1 Å². The maximum atomic E-state index is 12.7. The number of pyridine rings is 1. The molecular formula is C31H25N7O2S. The highest BCUT2D eigenvalue weighted by atomic mass is 32.1. The molecule has 3 aromatic carbocycles. The third-order valence-corrected chi connectivity index (χ3v) is 8.39. The van der Waals surface area contributed by atoms with Gasteiger partial charge in [-0.25, -0.2) is 9.78 Å². The van der Waals surface area contributed by atoms with Crippen LogP contribution in [0.15, 0.2) is 97.2 Å². The summed E-state index contributed by atoms with van der Waals surface area (Å²) in [5.74, 6) is 1.08. The number of fused-ring (bicyclic) bond motifs is 1. The molecule has 7 rings (SSSR count). The minimum absolute atomic E-state index is 0.394. The van der Waals surface area contributed by atoms with Gasteiger partial charge in [-0.15, -0.1) is 15.3 Å². The maximum Gasteiger partial charge on any atom is 0.365 e. The molecule has 0 bridgehead atoms. The minimum Gasteiger partial charge on any atom is -0.357 e. The van der Waals surface area contributed by atoms with Crippen LogP contribution in [0, 0.1) is 0 Å². The number of anilines is 1. The van der Waals surface area contributed by atoms with Gasteiger partial charge in [-0.3, -0.25) is 0 Å². The normalized spacial score (nSPS) is 13.9. The molecule has 1 aliphatic rings. The van der Waals surface area contributed by atoms with Crippen molar-refractivity contribution in [3.63, 3.8) is 0 Å². The number of hydrogen-bond donors (Lipinski definition) is 0. The summed E-state index contributed by atoms with van der Waals surface area (Å²) in [4.78, 5) is 26.3. The molecule has 10 heteroatoms. The topological polar surface area (TPSA) is 98.9 Å². The van der Waals surface area contributed by atoms with E-state index in [9.17, 15) is 4.79 Å². The summed E-state index contributed by atoms with van der Waals surface area (Å²) in [5.41, 5.74) is 4.88. The third kappa shape index (κ3) is 5.17. The number of nitrogens with zero attached hydrogens (tertiary/aromatic N) is 7. The predicted octanol–water partition coefficient (Wildman–Crippen LogP) is 5.66. The zero-order valence-corrected chi connectivity index (χ0v) is 22.8. The number of benzene rings is 3. The van der Waals surface area contributed by atoms with E-state index in [4.69, 9.17) is 9.82 Å². The van der Waals surface area contributed by atoms with E-state index in [2.05, 4.69) is 67.9 Å². The summed E-state index contributed by atoms with van der Waals surface area (Å²) in [6.07, 6.45) is 4.12. The van der Waals surface area contributed by atoms with E-state index in [1.54, 1.807) is 24.3 Å². The van der Waals surface area contributed by atoms with Gasteiger partial charge >= 0.3 is 5.97 Å². The number of para-hydroxylation sites is 1. The van der Waals surface area contributed by atoms with E-state index < -0.39 is 5.97 Å². The number of rotatable bonds is 6. The van der Waals surface area contributed by atoms with Crippen molar-refractivity contribution < 1.29 is 9.63 Å². The van der Waals surface area contributed by atoms with Gasteiger partial charge in [-0.05, 0) is 65.9 Å². The second-order valence-electron chi connectivity index (χ2n) is 9.90. The van der Waals surface area contributed by atoms with Crippen LogP contribution in [-0.2, 0) is 0 Å². The van der Waals surface area contributed by atoms with Crippen LogP contribution in [0.5, 0.6) is 0 Å². The van der Waals surface area contributed by atoms with Crippen LogP contribution in [0.3, 0.4) is 0 Å². The van der Waals surface area contributed by atoms with Gasteiger partial charge < -0.3 is 9.74 Å². The Kier molecular flexibility index (Phi) is 6.65. The number of piperidine rings is 1. The quantitative estimate of drug-likeness (QED) is 0.241. The predicted molar refractivity (Wildman–Crippen MR) is 158 cm³/mol. The highest BCUT2D eigenvalue weighted by Gasteiger charge is 2.21. The van der Waals surface area contributed by atoms with E-state index in [1.807, 2.05) is 30.5 Å². The summed E-state index contributed by atoms with van der Waals surface area (Å²) in [6.45, 7) is 1.99. The highest BCUT2D eigenvalue weighted by molar-refractivity contribution is 7.17. The average Bonchev–Trinajstić information content (AvgIpc) is 3.70. The Morgan fingerprint density at radius 2 is 1.49 bits per heavy atom. The second kappa shape index (κ2) is 10.9. The fourth-order valence-corrected chi connectivity index (χ4v) is 5.96. The molecule has 1 saturated heterocycles. The molecule has 0 spiro atoms. The van der Waals surface area contributed by atoms with Gasteiger partial charge in [0.25, 0.3) is 0 Å². The van der Waals surface area contributed by atoms with E-state index in [-0.39, 0.29) is 0 Å². The molecule has 0 N–H and O–H groups in total. The Morgan fingerprint density at radius 1 is 0.780 bits per heavy atom. The molecule has 9 nitrogen and oxygen atoms in total. The Labute approximate surface area is 240 Å². The lowest BCUT2D eigenvalue weighted by Gasteiger charge is -2.33. The van der Waals surface area contributed by atoms with Crippen molar-refractivity contribution in [2.75, 3.05) is 18.0 Å². The maximum absolute atomic E-state index is 12.7. The molecule has 1 fully saturated rings. The summed E-state index contributed by atoms with van der Waals surface area (Å²) >= 11 is 1.48. The van der Waals surface area contributed by atoms with Crippen molar-refractivity contribution >= 4 is 34.2 Å². The first kappa shape index (κ1) is 25.0. The fraction of sp³-hybridized carbons (Fsp3) is 0.161. The summed E-state index contributed by atoms with van der Waals surface area (Å²) in [5, 5.41) is 18.2. The van der Waals surface area contributed by atoms with E-state index >= 15 is 0 Å². The Morgan fingerprint density at radius 3 is 2.24 bits per heavy atom. The first-order chi connectivity index (χ1) is 20.2. The standard InChI is InChI=1S/C31H25N7O2S/c39-31(40-38-27-9-5-4-8-26(27)33-36-38)24-12-10-23(11-13-24)29-34-35-30(41-29)25-14-15-28(32-20-25)37-18-16-22(17-19-37)21-6-2-1-3-7-21/h1-15,20,22H,16-19H2. The van der Waals surface area contributed by atoms with Crippen LogP contribution in [0.1, 0.15) is 34.7 Å². The molecule has 3 aromatic heterocycles. The first-order valence-electron chi connectivity index (χ1n) is 13.4. The Bertz CT molecular complexity index is 1790. The molecule has 0 radical (unpaired) electrons. The van der Waals surface area contributed by atoms with Gasteiger partial charge in [0, 0.05) is 30.4 Å². The number of hydrogen-bond acceptors (Lipinski definition) is 9. The second-order valence-corrected chi connectivity index (χ2v) is 10.9. The molecule has 0 amide bonds. The van der Waals surface area contributed by atoms with Crippen molar-refractivity contribution in [2.24, 2.45) is 0 Å². The molecular weight excluding hydrogens is 534 g/mol.